The van der Waals surface area contributed by atoms with E-state index in [4.69, 9.17) is 10.5 Å². The molecule has 1 aromatic heterocycles. The number of hydrogen-bond donors (Lipinski definition) is 2. The normalized spacial score (nSPS) is 12.4. The zero-order valence-corrected chi connectivity index (χ0v) is 8.77. The van der Waals surface area contributed by atoms with Gasteiger partial charge in [0.25, 0.3) is 0 Å². The third-order valence-electron chi connectivity index (χ3n) is 2.35. The van der Waals surface area contributed by atoms with Crippen molar-refractivity contribution in [1.29, 1.82) is 0 Å². The summed E-state index contributed by atoms with van der Waals surface area (Å²) in [6.07, 6.45) is 3.28. The maximum atomic E-state index is 13.4. The van der Waals surface area contributed by atoms with Gasteiger partial charge in [0.1, 0.15) is 5.82 Å². The van der Waals surface area contributed by atoms with Crippen LogP contribution in [0, 0.1) is 5.82 Å². The van der Waals surface area contributed by atoms with Gasteiger partial charge in [0.05, 0.1) is 13.2 Å². The van der Waals surface area contributed by atoms with Crippen LogP contribution >= 0.6 is 0 Å². The van der Waals surface area contributed by atoms with Crippen LogP contribution in [-0.4, -0.2) is 17.1 Å². The Labute approximate surface area is 92.3 Å². The number of H-pyrrole nitrogens is 1. The van der Waals surface area contributed by atoms with E-state index in [9.17, 15) is 4.39 Å². The highest BCUT2D eigenvalue weighted by Gasteiger charge is 2.13. The Hall–Kier alpha value is -1.88. The van der Waals surface area contributed by atoms with Gasteiger partial charge in [-0.05, 0) is 17.7 Å². The van der Waals surface area contributed by atoms with E-state index in [1.54, 1.807) is 24.5 Å². The van der Waals surface area contributed by atoms with Crippen molar-refractivity contribution in [1.82, 2.24) is 9.97 Å². The zero-order chi connectivity index (χ0) is 11.5. The topological polar surface area (TPSA) is 63.9 Å². The first-order chi connectivity index (χ1) is 7.72. The molecule has 0 spiro atoms. The number of nitrogens with one attached hydrogen (secondary N) is 1. The molecule has 0 saturated heterocycles. The van der Waals surface area contributed by atoms with Crippen molar-refractivity contribution in [3.05, 3.63) is 47.8 Å². The molecule has 4 nitrogen and oxygen atoms in total. The number of aromatic nitrogens is 2. The molecule has 16 heavy (non-hydrogen) atoms. The molecule has 0 aliphatic heterocycles. The molecular weight excluding hydrogens is 209 g/mol. The Kier molecular flexibility index (Phi) is 2.87. The molecule has 0 aliphatic carbocycles. The van der Waals surface area contributed by atoms with Gasteiger partial charge < -0.3 is 15.5 Å². The van der Waals surface area contributed by atoms with Crippen LogP contribution in [-0.2, 0) is 0 Å². The number of imidazole rings is 1. The molecule has 2 rings (SSSR count). The van der Waals surface area contributed by atoms with Crippen LogP contribution in [0.1, 0.15) is 17.4 Å². The second kappa shape index (κ2) is 4.32. The number of halogens is 1. The van der Waals surface area contributed by atoms with Gasteiger partial charge in [-0.1, -0.05) is 6.07 Å². The van der Waals surface area contributed by atoms with E-state index >= 15 is 0 Å². The van der Waals surface area contributed by atoms with Gasteiger partial charge in [0.15, 0.2) is 11.6 Å². The molecule has 2 aromatic rings. The largest absolute Gasteiger partial charge is 0.494 e. The van der Waals surface area contributed by atoms with Gasteiger partial charge in [-0.3, -0.25) is 0 Å². The van der Waals surface area contributed by atoms with Gasteiger partial charge >= 0.3 is 0 Å². The number of hydrogen-bond acceptors (Lipinski definition) is 3. The van der Waals surface area contributed by atoms with Gasteiger partial charge in [-0.25, -0.2) is 9.37 Å². The minimum atomic E-state index is -0.463. The lowest BCUT2D eigenvalue weighted by Crippen LogP contribution is -2.13. The molecule has 1 unspecified atom stereocenters. The molecule has 0 amide bonds. The third-order valence-corrected chi connectivity index (χ3v) is 2.35. The van der Waals surface area contributed by atoms with E-state index in [1.165, 1.54) is 13.2 Å². The van der Waals surface area contributed by atoms with Gasteiger partial charge in [0.2, 0.25) is 0 Å². The molecule has 1 aromatic carbocycles. The number of nitrogens with two attached hydrogens (primary N) is 1. The minimum absolute atomic E-state index is 0.204. The summed E-state index contributed by atoms with van der Waals surface area (Å²) in [5.74, 6) is 0.377. The average molecular weight is 221 g/mol. The van der Waals surface area contributed by atoms with Gasteiger partial charge in [0, 0.05) is 12.4 Å². The Morgan fingerprint density at radius 3 is 2.88 bits per heavy atom. The highest BCUT2D eigenvalue weighted by atomic mass is 19.1. The summed E-state index contributed by atoms with van der Waals surface area (Å²) in [6, 6.07) is 4.16. The lowest BCUT2D eigenvalue weighted by molar-refractivity contribution is 0.386. The molecule has 0 saturated carbocycles. The summed E-state index contributed by atoms with van der Waals surface area (Å²) in [5, 5.41) is 0. The number of nitrogens with zero attached hydrogens (tertiary/aromatic N) is 1. The Morgan fingerprint density at radius 1 is 1.50 bits per heavy atom. The fourth-order valence-corrected chi connectivity index (χ4v) is 1.48. The predicted octanol–water partition coefficient (Wildman–Crippen LogP) is 1.61. The summed E-state index contributed by atoms with van der Waals surface area (Å²) in [4.78, 5) is 6.92. The van der Waals surface area contributed by atoms with E-state index in [0.29, 0.717) is 11.4 Å². The van der Waals surface area contributed by atoms with E-state index < -0.39 is 11.9 Å². The average Bonchev–Trinajstić information content (AvgIpc) is 2.81. The van der Waals surface area contributed by atoms with Crippen LogP contribution in [0.2, 0.25) is 0 Å². The maximum absolute atomic E-state index is 13.4. The van der Waals surface area contributed by atoms with E-state index in [2.05, 4.69) is 9.97 Å². The van der Waals surface area contributed by atoms with Gasteiger partial charge in [-0.2, -0.15) is 0 Å². The minimum Gasteiger partial charge on any atom is -0.494 e. The maximum Gasteiger partial charge on any atom is 0.165 e. The fraction of sp³-hybridized carbons (Fsp3) is 0.182. The standard InChI is InChI=1S/C11H12FN3O/c1-16-9-3-2-7(6-8(9)12)10(13)11-14-4-5-15-11/h2-6,10H,13H2,1H3,(H,14,15). The Bertz CT molecular complexity index is 470. The number of benzene rings is 1. The van der Waals surface area contributed by atoms with Crippen LogP contribution in [0.25, 0.3) is 0 Å². The molecule has 5 heteroatoms. The van der Waals surface area contributed by atoms with Crippen molar-refractivity contribution in [2.45, 2.75) is 6.04 Å². The Morgan fingerprint density at radius 2 is 2.31 bits per heavy atom. The molecule has 1 atom stereocenters. The monoisotopic (exact) mass is 221 g/mol. The first-order valence-electron chi connectivity index (χ1n) is 4.80. The van der Waals surface area contributed by atoms with Crippen LogP contribution < -0.4 is 10.5 Å². The van der Waals surface area contributed by atoms with Crippen LogP contribution in [0.15, 0.2) is 30.6 Å². The fourth-order valence-electron chi connectivity index (χ4n) is 1.48. The first kappa shape index (κ1) is 10.6. The summed E-state index contributed by atoms with van der Waals surface area (Å²) in [7, 11) is 1.42. The highest BCUT2D eigenvalue weighted by molar-refractivity contribution is 5.33. The Balaban J connectivity index is 2.31. The van der Waals surface area contributed by atoms with E-state index in [-0.39, 0.29) is 5.75 Å². The van der Waals surface area contributed by atoms with Crippen molar-refractivity contribution >= 4 is 0 Å². The van der Waals surface area contributed by atoms with Crippen molar-refractivity contribution in [3.8, 4) is 5.75 Å². The number of ether oxygens (including phenoxy) is 1. The molecule has 0 radical (unpaired) electrons. The van der Waals surface area contributed by atoms with Crippen molar-refractivity contribution in [2.75, 3.05) is 7.11 Å². The second-order valence-corrected chi connectivity index (χ2v) is 3.35. The van der Waals surface area contributed by atoms with E-state index in [1.807, 2.05) is 0 Å². The lowest BCUT2D eigenvalue weighted by atomic mass is 10.1. The number of aromatic amines is 1. The molecular formula is C11H12FN3O. The van der Waals surface area contributed by atoms with Gasteiger partial charge in [-0.15, -0.1) is 0 Å². The summed E-state index contributed by atoms with van der Waals surface area (Å²) in [6.45, 7) is 0. The van der Waals surface area contributed by atoms with Crippen LogP contribution in [0.4, 0.5) is 4.39 Å². The summed E-state index contributed by atoms with van der Waals surface area (Å²) in [5.41, 5.74) is 6.57. The first-order valence-corrected chi connectivity index (χ1v) is 4.80. The second-order valence-electron chi connectivity index (χ2n) is 3.35. The summed E-state index contributed by atoms with van der Waals surface area (Å²) < 4.78 is 18.3. The van der Waals surface area contributed by atoms with Crippen LogP contribution in [0.5, 0.6) is 5.75 Å². The predicted molar refractivity (Wildman–Crippen MR) is 57.6 cm³/mol. The SMILES string of the molecule is COc1ccc(C(N)c2ncc[nH]2)cc1F. The number of methoxy groups -OCH3 is 1. The van der Waals surface area contributed by atoms with Crippen molar-refractivity contribution < 1.29 is 9.13 Å². The van der Waals surface area contributed by atoms with Crippen molar-refractivity contribution in [2.24, 2.45) is 5.73 Å². The molecule has 84 valence electrons. The lowest BCUT2D eigenvalue weighted by Gasteiger charge is -2.10. The third kappa shape index (κ3) is 1.90. The summed E-state index contributed by atoms with van der Waals surface area (Å²) >= 11 is 0. The van der Waals surface area contributed by atoms with Crippen LogP contribution in [0.3, 0.4) is 0 Å². The molecule has 3 N–H and O–H groups in total. The molecule has 1 heterocycles. The molecule has 0 bridgehead atoms. The highest BCUT2D eigenvalue weighted by Crippen LogP contribution is 2.22. The van der Waals surface area contributed by atoms with E-state index in [0.717, 1.165) is 0 Å². The molecule has 0 fully saturated rings. The number of rotatable bonds is 3. The quantitative estimate of drug-likeness (QED) is 0.827. The molecule has 0 aliphatic rings. The smallest absolute Gasteiger partial charge is 0.165 e. The zero-order valence-electron chi connectivity index (χ0n) is 8.77. The van der Waals surface area contributed by atoms with Crippen molar-refractivity contribution in [3.63, 3.8) is 0 Å².